The normalized spacial score (nSPS) is 31.4. The van der Waals surface area contributed by atoms with Gasteiger partial charge in [0.25, 0.3) is 0 Å². The summed E-state index contributed by atoms with van der Waals surface area (Å²) in [6.07, 6.45) is 4.19. The van der Waals surface area contributed by atoms with E-state index in [0.29, 0.717) is 6.42 Å². The van der Waals surface area contributed by atoms with Crippen molar-refractivity contribution in [2.75, 3.05) is 7.11 Å². The van der Waals surface area contributed by atoms with Crippen LogP contribution in [0.3, 0.4) is 0 Å². The lowest BCUT2D eigenvalue weighted by Crippen LogP contribution is -2.28. The van der Waals surface area contributed by atoms with E-state index in [1.54, 1.807) is 0 Å². The molecule has 0 aromatic rings. The van der Waals surface area contributed by atoms with E-state index in [4.69, 9.17) is 0 Å². The molecule has 0 radical (unpaired) electrons. The summed E-state index contributed by atoms with van der Waals surface area (Å²) in [5, 5.41) is 2.85. The van der Waals surface area contributed by atoms with E-state index >= 15 is 0 Å². The van der Waals surface area contributed by atoms with Crippen molar-refractivity contribution in [2.24, 2.45) is 11.8 Å². The maximum atomic E-state index is 11.4. The molecule has 2 atom stereocenters. The molecule has 0 spiro atoms. The lowest BCUT2D eigenvalue weighted by atomic mass is 10.0. The number of ether oxygens (including phenoxy) is 1. The van der Waals surface area contributed by atoms with E-state index < -0.39 is 11.9 Å². The van der Waals surface area contributed by atoms with Gasteiger partial charge in [0.2, 0.25) is 5.91 Å². The summed E-state index contributed by atoms with van der Waals surface area (Å²) in [6, 6.07) is 0.194. The van der Waals surface area contributed by atoms with Crippen LogP contribution >= 0.6 is 0 Å². The average molecular weight is 197 g/mol. The fourth-order valence-electron chi connectivity index (χ4n) is 2.01. The van der Waals surface area contributed by atoms with Crippen molar-refractivity contribution in [3.8, 4) is 0 Å². The lowest BCUT2D eigenvalue weighted by molar-refractivity contribution is -0.148. The van der Waals surface area contributed by atoms with Gasteiger partial charge in [0, 0.05) is 6.04 Å². The molecule has 1 aliphatic heterocycles. The summed E-state index contributed by atoms with van der Waals surface area (Å²) in [7, 11) is 1.32. The fourth-order valence-corrected chi connectivity index (χ4v) is 2.01. The molecule has 0 aromatic carbocycles. The first-order valence-electron chi connectivity index (χ1n) is 5.09. The third kappa shape index (κ3) is 1.89. The molecule has 0 aromatic heterocycles. The number of carbonyl (C=O) groups excluding carboxylic acids is 2. The van der Waals surface area contributed by atoms with Gasteiger partial charge in [-0.1, -0.05) is 12.8 Å². The topological polar surface area (TPSA) is 55.4 Å². The zero-order valence-electron chi connectivity index (χ0n) is 8.29. The summed E-state index contributed by atoms with van der Waals surface area (Å²) in [5.74, 6) is -0.358. The number of esters is 1. The Hall–Kier alpha value is -1.06. The number of hydrogen-bond donors (Lipinski definition) is 1. The molecule has 1 aliphatic carbocycles. The summed E-state index contributed by atoms with van der Waals surface area (Å²) >= 11 is 0. The van der Waals surface area contributed by atoms with E-state index in [1.807, 2.05) is 0 Å². The quantitative estimate of drug-likeness (QED) is 0.528. The molecular formula is C10H15NO3. The summed E-state index contributed by atoms with van der Waals surface area (Å²) < 4.78 is 4.57. The second-order valence-corrected chi connectivity index (χ2v) is 4.20. The van der Waals surface area contributed by atoms with Crippen LogP contribution in [0.2, 0.25) is 0 Å². The first-order valence-corrected chi connectivity index (χ1v) is 5.09. The minimum absolute atomic E-state index is 0.164. The van der Waals surface area contributed by atoms with Crippen LogP contribution in [0.5, 0.6) is 0 Å². The lowest BCUT2D eigenvalue weighted by Gasteiger charge is -2.07. The van der Waals surface area contributed by atoms with E-state index in [1.165, 1.54) is 20.0 Å². The highest BCUT2D eigenvalue weighted by molar-refractivity contribution is 5.99. The third-order valence-corrected chi connectivity index (χ3v) is 2.98. The highest BCUT2D eigenvalue weighted by Crippen LogP contribution is 2.36. The van der Waals surface area contributed by atoms with Crippen molar-refractivity contribution in [3.05, 3.63) is 0 Å². The average Bonchev–Trinajstić information content (AvgIpc) is 2.89. The molecule has 2 aliphatic rings. The third-order valence-electron chi connectivity index (χ3n) is 2.98. The van der Waals surface area contributed by atoms with Gasteiger partial charge in [-0.15, -0.1) is 0 Å². The van der Waals surface area contributed by atoms with Crippen molar-refractivity contribution in [3.63, 3.8) is 0 Å². The van der Waals surface area contributed by atoms with Gasteiger partial charge in [-0.25, -0.2) is 0 Å². The fraction of sp³-hybridized carbons (Fsp3) is 0.800. The van der Waals surface area contributed by atoms with Gasteiger partial charge in [0.05, 0.1) is 7.11 Å². The second kappa shape index (κ2) is 3.59. The van der Waals surface area contributed by atoms with Gasteiger partial charge in [-0.05, 0) is 18.8 Å². The monoisotopic (exact) mass is 197 g/mol. The maximum Gasteiger partial charge on any atom is 0.318 e. The Morgan fingerprint density at radius 2 is 2.29 bits per heavy atom. The molecule has 1 saturated carbocycles. The smallest absolute Gasteiger partial charge is 0.318 e. The maximum absolute atomic E-state index is 11.4. The minimum Gasteiger partial charge on any atom is -0.468 e. The van der Waals surface area contributed by atoms with E-state index in [2.05, 4.69) is 10.1 Å². The molecule has 2 unspecified atom stereocenters. The Bertz CT molecular complexity index is 260. The first kappa shape index (κ1) is 9.49. The minimum atomic E-state index is -0.566. The first-order chi connectivity index (χ1) is 6.70. The van der Waals surface area contributed by atoms with Gasteiger partial charge in [0.1, 0.15) is 5.92 Å². The van der Waals surface area contributed by atoms with Crippen molar-refractivity contribution in [1.82, 2.24) is 5.32 Å². The number of methoxy groups -OCH3 is 1. The van der Waals surface area contributed by atoms with Gasteiger partial charge in [-0.3, -0.25) is 9.59 Å². The van der Waals surface area contributed by atoms with Crippen LogP contribution in [-0.4, -0.2) is 25.0 Å². The molecule has 1 amide bonds. The molecule has 78 valence electrons. The molecule has 14 heavy (non-hydrogen) atoms. The van der Waals surface area contributed by atoms with Crippen molar-refractivity contribution in [2.45, 2.75) is 31.7 Å². The summed E-state index contributed by atoms with van der Waals surface area (Å²) in [5.41, 5.74) is 0. The predicted molar refractivity (Wildman–Crippen MR) is 49.4 cm³/mol. The van der Waals surface area contributed by atoms with E-state index in [9.17, 15) is 9.59 Å². The number of rotatable bonds is 3. The van der Waals surface area contributed by atoms with Crippen LogP contribution in [-0.2, 0) is 14.3 Å². The molecule has 1 saturated heterocycles. The van der Waals surface area contributed by atoms with Crippen LogP contribution in [0.25, 0.3) is 0 Å². The van der Waals surface area contributed by atoms with Crippen LogP contribution in [0.1, 0.15) is 25.7 Å². The van der Waals surface area contributed by atoms with Crippen molar-refractivity contribution >= 4 is 11.9 Å². The molecule has 4 heteroatoms. The SMILES string of the molecule is COC(=O)C1CC(CC2CC2)NC1=O. The van der Waals surface area contributed by atoms with Crippen LogP contribution in [0, 0.1) is 11.8 Å². The van der Waals surface area contributed by atoms with Crippen LogP contribution in [0.4, 0.5) is 0 Å². The van der Waals surface area contributed by atoms with Crippen molar-refractivity contribution < 1.29 is 14.3 Å². The Kier molecular flexibility index (Phi) is 2.44. The van der Waals surface area contributed by atoms with Crippen LogP contribution < -0.4 is 5.32 Å². The zero-order chi connectivity index (χ0) is 10.1. The molecule has 0 bridgehead atoms. The van der Waals surface area contributed by atoms with E-state index in [0.717, 1.165) is 12.3 Å². The second-order valence-electron chi connectivity index (χ2n) is 4.20. The number of carbonyl (C=O) groups is 2. The Morgan fingerprint density at radius 3 is 2.86 bits per heavy atom. The molecule has 2 fully saturated rings. The van der Waals surface area contributed by atoms with Crippen LogP contribution in [0.15, 0.2) is 0 Å². The molecule has 2 rings (SSSR count). The van der Waals surface area contributed by atoms with Gasteiger partial charge in [0.15, 0.2) is 0 Å². The van der Waals surface area contributed by atoms with Gasteiger partial charge < -0.3 is 10.1 Å². The molecule has 1 N–H and O–H groups in total. The Morgan fingerprint density at radius 1 is 1.57 bits per heavy atom. The predicted octanol–water partition coefficient (Wildman–Crippen LogP) is 0.464. The van der Waals surface area contributed by atoms with Gasteiger partial charge >= 0.3 is 5.97 Å². The molecule has 1 heterocycles. The summed E-state index contributed by atoms with van der Waals surface area (Å²) in [4.78, 5) is 22.6. The van der Waals surface area contributed by atoms with E-state index in [-0.39, 0.29) is 11.9 Å². The Labute approximate surface area is 83.0 Å². The number of hydrogen-bond acceptors (Lipinski definition) is 3. The molecular weight excluding hydrogens is 182 g/mol. The largest absolute Gasteiger partial charge is 0.468 e. The highest BCUT2D eigenvalue weighted by atomic mass is 16.5. The van der Waals surface area contributed by atoms with Gasteiger partial charge in [-0.2, -0.15) is 0 Å². The van der Waals surface area contributed by atoms with Crippen molar-refractivity contribution in [1.29, 1.82) is 0 Å². The zero-order valence-corrected chi connectivity index (χ0v) is 8.29. The standard InChI is InChI=1S/C10H15NO3/c1-14-10(13)8-5-7(11-9(8)12)4-6-2-3-6/h6-8H,2-5H2,1H3,(H,11,12). The number of nitrogens with one attached hydrogen (secondary N) is 1. The summed E-state index contributed by atoms with van der Waals surface area (Å²) in [6.45, 7) is 0. The highest BCUT2D eigenvalue weighted by Gasteiger charge is 2.39. The molecule has 4 nitrogen and oxygen atoms in total. The number of amides is 1. The Balaban J connectivity index is 1.88.